The number of carbonyl (C=O) groups is 2. The van der Waals surface area contributed by atoms with Crippen LogP contribution in [0.2, 0.25) is 0 Å². The first-order valence-electron chi connectivity index (χ1n) is 7.79. The summed E-state index contributed by atoms with van der Waals surface area (Å²) in [5.74, 6) is -0.295. The molecule has 2 amide bonds. The molecule has 0 atom stereocenters. The second kappa shape index (κ2) is 5.81. The zero-order chi connectivity index (χ0) is 16.5. The number of aromatic nitrogens is 1. The second-order valence-electron chi connectivity index (χ2n) is 5.64. The Labute approximate surface area is 138 Å². The number of oxazole rings is 1. The van der Waals surface area contributed by atoms with Crippen molar-refractivity contribution in [3.8, 4) is 0 Å². The number of amides is 2. The summed E-state index contributed by atoms with van der Waals surface area (Å²) in [6.45, 7) is 0. The van der Waals surface area contributed by atoms with Crippen molar-refractivity contribution >= 4 is 40.3 Å². The van der Waals surface area contributed by atoms with Crippen molar-refractivity contribution in [2.24, 2.45) is 0 Å². The van der Waals surface area contributed by atoms with E-state index in [1.54, 1.807) is 24.3 Å². The molecule has 1 fully saturated rings. The first-order valence-corrected chi connectivity index (χ1v) is 7.79. The van der Waals surface area contributed by atoms with E-state index in [0.29, 0.717) is 36.5 Å². The van der Waals surface area contributed by atoms with Gasteiger partial charge in [0.2, 0.25) is 11.8 Å². The molecular formula is C18H15N3O3. The van der Waals surface area contributed by atoms with Gasteiger partial charge in [-0.25, -0.2) is 0 Å². The van der Waals surface area contributed by atoms with Gasteiger partial charge in [0.05, 0.1) is 5.69 Å². The topological polar surface area (TPSA) is 75.4 Å². The number of nitrogens with zero attached hydrogens (tertiary/aromatic N) is 2. The van der Waals surface area contributed by atoms with Crippen LogP contribution in [-0.4, -0.2) is 16.8 Å². The lowest BCUT2D eigenvalue weighted by Crippen LogP contribution is -2.40. The number of para-hydroxylation sites is 2. The van der Waals surface area contributed by atoms with Crippen LogP contribution in [-0.2, 0) is 9.59 Å². The van der Waals surface area contributed by atoms with Gasteiger partial charge in [-0.3, -0.25) is 14.5 Å². The minimum atomic E-state index is -0.147. The lowest BCUT2D eigenvalue weighted by Gasteiger charge is -2.24. The largest absolute Gasteiger partial charge is 0.423 e. The van der Waals surface area contributed by atoms with E-state index in [0.717, 1.165) is 11.2 Å². The van der Waals surface area contributed by atoms with Gasteiger partial charge in [-0.1, -0.05) is 12.1 Å². The fourth-order valence-corrected chi connectivity index (χ4v) is 2.78. The Morgan fingerprint density at radius 1 is 0.958 bits per heavy atom. The first kappa shape index (κ1) is 14.4. The zero-order valence-corrected chi connectivity index (χ0v) is 12.9. The fourth-order valence-electron chi connectivity index (χ4n) is 2.78. The van der Waals surface area contributed by atoms with Crippen molar-refractivity contribution in [2.45, 2.75) is 19.3 Å². The van der Waals surface area contributed by atoms with Crippen molar-refractivity contribution in [3.63, 3.8) is 0 Å². The van der Waals surface area contributed by atoms with E-state index in [-0.39, 0.29) is 11.8 Å². The van der Waals surface area contributed by atoms with Crippen LogP contribution >= 0.6 is 0 Å². The van der Waals surface area contributed by atoms with E-state index in [9.17, 15) is 9.59 Å². The Bertz CT molecular complexity index is 866. The van der Waals surface area contributed by atoms with Crippen LogP contribution in [0.4, 0.5) is 17.4 Å². The third-order valence-corrected chi connectivity index (χ3v) is 3.95. The Morgan fingerprint density at radius 2 is 1.67 bits per heavy atom. The van der Waals surface area contributed by atoms with Crippen molar-refractivity contribution in [3.05, 3.63) is 48.5 Å². The summed E-state index contributed by atoms with van der Waals surface area (Å²) in [7, 11) is 0. The van der Waals surface area contributed by atoms with Crippen LogP contribution in [0.15, 0.2) is 52.9 Å². The molecule has 24 heavy (non-hydrogen) atoms. The molecule has 120 valence electrons. The van der Waals surface area contributed by atoms with Gasteiger partial charge in [0.25, 0.3) is 6.01 Å². The highest BCUT2D eigenvalue weighted by Crippen LogP contribution is 2.26. The normalized spacial score (nSPS) is 15.1. The standard InChI is InChI=1S/C18H15N3O3/c22-16-6-3-7-17(23)21(16)13-10-8-12(9-11-13)19-18-20-14-4-1-2-5-15(14)24-18/h1-2,4-5,8-11H,3,6-7H2,(H,19,20). The van der Waals surface area contributed by atoms with Crippen LogP contribution in [0.1, 0.15) is 19.3 Å². The summed E-state index contributed by atoms with van der Waals surface area (Å²) in [6.07, 6.45) is 1.45. The predicted octanol–water partition coefficient (Wildman–Crippen LogP) is 3.61. The third kappa shape index (κ3) is 2.62. The van der Waals surface area contributed by atoms with Crippen molar-refractivity contribution in [2.75, 3.05) is 10.2 Å². The summed E-state index contributed by atoms with van der Waals surface area (Å²) >= 11 is 0. The molecule has 2 heterocycles. The molecular weight excluding hydrogens is 306 g/mol. The molecule has 0 bridgehead atoms. The molecule has 6 heteroatoms. The van der Waals surface area contributed by atoms with Gasteiger partial charge in [0.1, 0.15) is 5.52 Å². The highest BCUT2D eigenvalue weighted by Gasteiger charge is 2.27. The number of rotatable bonds is 3. The maximum Gasteiger partial charge on any atom is 0.300 e. The molecule has 0 aliphatic carbocycles. The number of carbonyl (C=O) groups excluding carboxylic acids is 2. The van der Waals surface area contributed by atoms with Crippen molar-refractivity contribution in [1.82, 2.24) is 4.98 Å². The molecule has 2 aromatic carbocycles. The number of fused-ring (bicyclic) bond motifs is 1. The molecule has 1 aromatic heterocycles. The Morgan fingerprint density at radius 3 is 2.38 bits per heavy atom. The summed E-state index contributed by atoms with van der Waals surface area (Å²) in [5.41, 5.74) is 2.84. The summed E-state index contributed by atoms with van der Waals surface area (Å²) < 4.78 is 5.61. The summed E-state index contributed by atoms with van der Waals surface area (Å²) in [5, 5.41) is 3.08. The van der Waals surface area contributed by atoms with Gasteiger partial charge in [-0.15, -0.1) is 0 Å². The first-order chi connectivity index (χ1) is 11.7. The van der Waals surface area contributed by atoms with Crippen LogP contribution < -0.4 is 10.2 Å². The molecule has 0 radical (unpaired) electrons. The van der Waals surface area contributed by atoms with Gasteiger partial charge >= 0.3 is 0 Å². The number of anilines is 3. The number of hydrogen-bond donors (Lipinski definition) is 1. The van der Waals surface area contributed by atoms with Gasteiger partial charge in [-0.2, -0.15) is 4.98 Å². The molecule has 0 unspecified atom stereocenters. The number of benzene rings is 2. The molecule has 6 nitrogen and oxygen atoms in total. The highest BCUT2D eigenvalue weighted by molar-refractivity contribution is 6.16. The number of hydrogen-bond acceptors (Lipinski definition) is 5. The number of nitrogens with one attached hydrogen (secondary N) is 1. The average Bonchev–Trinajstić information content (AvgIpc) is 2.98. The van der Waals surface area contributed by atoms with Crippen LogP contribution in [0.5, 0.6) is 0 Å². The Kier molecular flexibility index (Phi) is 3.49. The van der Waals surface area contributed by atoms with Crippen molar-refractivity contribution < 1.29 is 14.0 Å². The molecule has 3 aromatic rings. The fraction of sp³-hybridized carbons (Fsp3) is 0.167. The lowest BCUT2D eigenvalue weighted by atomic mass is 10.1. The third-order valence-electron chi connectivity index (χ3n) is 3.95. The van der Waals surface area contributed by atoms with E-state index in [1.165, 1.54) is 4.90 Å². The summed E-state index contributed by atoms with van der Waals surface area (Å²) in [6, 6.07) is 15.0. The van der Waals surface area contributed by atoms with Gasteiger partial charge < -0.3 is 9.73 Å². The molecule has 1 saturated heterocycles. The second-order valence-corrected chi connectivity index (χ2v) is 5.64. The maximum atomic E-state index is 11.9. The average molecular weight is 321 g/mol. The van der Waals surface area contributed by atoms with Gasteiger partial charge in [-0.05, 0) is 42.8 Å². The molecule has 0 saturated carbocycles. The van der Waals surface area contributed by atoms with Gasteiger partial charge in [0.15, 0.2) is 5.58 Å². The number of piperidine rings is 1. The lowest BCUT2D eigenvalue weighted by molar-refractivity contribution is -0.129. The van der Waals surface area contributed by atoms with Crippen molar-refractivity contribution in [1.29, 1.82) is 0 Å². The molecule has 1 N–H and O–H groups in total. The van der Waals surface area contributed by atoms with Crippen LogP contribution in [0, 0.1) is 0 Å². The van der Waals surface area contributed by atoms with Crippen LogP contribution in [0.3, 0.4) is 0 Å². The van der Waals surface area contributed by atoms with E-state index in [1.807, 2.05) is 24.3 Å². The number of imide groups is 1. The predicted molar refractivity (Wildman–Crippen MR) is 90.1 cm³/mol. The Balaban J connectivity index is 1.55. The quantitative estimate of drug-likeness (QED) is 0.746. The molecule has 0 spiro atoms. The molecule has 1 aliphatic heterocycles. The molecule has 1 aliphatic rings. The van der Waals surface area contributed by atoms with E-state index in [2.05, 4.69) is 10.3 Å². The van der Waals surface area contributed by atoms with E-state index in [4.69, 9.17) is 4.42 Å². The Hall–Kier alpha value is -3.15. The van der Waals surface area contributed by atoms with Crippen LogP contribution in [0.25, 0.3) is 11.1 Å². The zero-order valence-electron chi connectivity index (χ0n) is 12.9. The van der Waals surface area contributed by atoms with E-state index >= 15 is 0 Å². The summed E-state index contributed by atoms with van der Waals surface area (Å²) in [4.78, 5) is 29.5. The molecule has 4 rings (SSSR count). The smallest absolute Gasteiger partial charge is 0.300 e. The maximum absolute atomic E-state index is 11.9. The van der Waals surface area contributed by atoms with E-state index < -0.39 is 0 Å². The van der Waals surface area contributed by atoms with Gasteiger partial charge in [0, 0.05) is 18.5 Å². The highest BCUT2D eigenvalue weighted by atomic mass is 16.4. The minimum Gasteiger partial charge on any atom is -0.423 e. The minimum absolute atomic E-state index is 0.147. The monoisotopic (exact) mass is 321 g/mol. The SMILES string of the molecule is O=C1CCCC(=O)N1c1ccc(Nc2nc3ccccc3o2)cc1.